The van der Waals surface area contributed by atoms with E-state index in [2.05, 4.69) is 0 Å². The second-order valence-electron chi connectivity index (χ2n) is 6.45. The Balaban J connectivity index is 0.00000240. The van der Waals surface area contributed by atoms with Crippen molar-refractivity contribution >= 4 is 28.1 Å². The van der Waals surface area contributed by atoms with Crippen molar-refractivity contribution in [2.45, 2.75) is 12.5 Å². The molecule has 1 amide bonds. The van der Waals surface area contributed by atoms with Crippen molar-refractivity contribution in [3.63, 3.8) is 0 Å². The zero-order valence-corrected chi connectivity index (χ0v) is 16.8. The summed E-state index contributed by atoms with van der Waals surface area (Å²) in [5, 5.41) is 10.2. The van der Waals surface area contributed by atoms with Crippen molar-refractivity contribution < 1.29 is 65.9 Å². The van der Waals surface area contributed by atoms with Gasteiger partial charge in [-0.05, 0) is 34.9 Å². The third-order valence-electron chi connectivity index (χ3n) is 4.76. The van der Waals surface area contributed by atoms with Gasteiger partial charge >= 0.3 is 0 Å². The number of rotatable bonds is 5. The predicted molar refractivity (Wildman–Crippen MR) is 100 cm³/mol. The van der Waals surface area contributed by atoms with Crippen LogP contribution in [-0.4, -0.2) is 31.1 Å². The third kappa shape index (κ3) is 4.30. The number of amides is 1. The van der Waals surface area contributed by atoms with Gasteiger partial charge < -0.3 is 23.7 Å². The molecule has 29 heavy (non-hydrogen) atoms. The number of fused-ring (bicyclic) bond motifs is 2. The number of carbonyl (C=O) groups is 1. The maximum absolute atomic E-state index is 12.8. The van der Waals surface area contributed by atoms with E-state index < -0.39 is 23.1 Å². The summed E-state index contributed by atoms with van der Waals surface area (Å²) in [5.41, 5.74) is 2.78. The van der Waals surface area contributed by atoms with Crippen LogP contribution in [0.4, 0.5) is 0 Å². The Bertz CT molecular complexity index is 1100. The Hall–Kier alpha value is -1.62. The molecule has 0 saturated carbocycles. The number of carbonyl (C=O) groups excluding carboxylic acids is 1. The standard InChI is InChI=1S/C19H18N2O6S.Ar/c1-21-8-14(13-4-2-11(9-22)6-15(13)21)18(19(23)20-28(24)25)12-3-5-16-17(7-12)27-10-26-16;/h2-8,18,22H,9-10H2,1H3,(H,20,23)(H,24,25);/p-1. The fourth-order valence-corrected chi connectivity index (χ4v) is 3.78. The molecular formula is C19H17ArN2O6S-. The number of aliphatic hydroxyl groups excluding tert-OH is 1. The number of benzene rings is 2. The van der Waals surface area contributed by atoms with E-state index in [0.29, 0.717) is 22.6 Å². The van der Waals surface area contributed by atoms with Crippen molar-refractivity contribution in [1.82, 2.24) is 9.29 Å². The number of aromatic nitrogens is 1. The number of hydrogen-bond donors (Lipinski definition) is 2. The summed E-state index contributed by atoms with van der Waals surface area (Å²) in [6.45, 7) is -0.00385. The number of nitrogens with one attached hydrogen (secondary N) is 1. The average molecular weight is 441 g/mol. The van der Waals surface area contributed by atoms with Crippen LogP contribution in [0.3, 0.4) is 0 Å². The Morgan fingerprint density at radius 1 is 1.28 bits per heavy atom. The number of ether oxygens (including phenoxy) is 2. The van der Waals surface area contributed by atoms with E-state index in [1.54, 1.807) is 30.5 Å². The van der Waals surface area contributed by atoms with Gasteiger partial charge in [-0.15, -0.1) is 0 Å². The molecule has 1 aliphatic heterocycles. The van der Waals surface area contributed by atoms with E-state index in [0.717, 1.165) is 16.5 Å². The van der Waals surface area contributed by atoms with Crippen LogP contribution >= 0.6 is 0 Å². The number of hydrogen-bond acceptors (Lipinski definition) is 6. The van der Waals surface area contributed by atoms with Crippen molar-refractivity contribution in [3.8, 4) is 11.5 Å². The number of aryl methyl sites for hydroxylation is 1. The molecule has 3 aromatic rings. The first-order chi connectivity index (χ1) is 13.5. The van der Waals surface area contributed by atoms with Crippen LogP contribution < -0.4 is 14.2 Å². The van der Waals surface area contributed by atoms with Gasteiger partial charge in [0.05, 0.1) is 12.5 Å². The van der Waals surface area contributed by atoms with E-state index in [1.807, 2.05) is 28.5 Å². The molecule has 0 aliphatic carbocycles. The molecule has 0 spiro atoms. The van der Waals surface area contributed by atoms with Gasteiger partial charge in [-0.3, -0.25) is 13.7 Å². The van der Waals surface area contributed by atoms with Crippen molar-refractivity contribution in [3.05, 3.63) is 59.3 Å². The Morgan fingerprint density at radius 3 is 2.76 bits per heavy atom. The average Bonchev–Trinajstić information content (AvgIpc) is 3.25. The van der Waals surface area contributed by atoms with Crippen LogP contribution in [0.5, 0.6) is 11.5 Å². The molecule has 2 unspecified atom stereocenters. The molecule has 0 saturated heterocycles. The van der Waals surface area contributed by atoms with Gasteiger partial charge in [0, 0.05) is 73.2 Å². The molecule has 4 rings (SSSR count). The van der Waals surface area contributed by atoms with Crippen LogP contribution in [-0.2, 0) is 29.7 Å². The largest absolute Gasteiger partial charge is 0.755 e. The fourth-order valence-electron chi connectivity index (χ4n) is 3.50. The summed E-state index contributed by atoms with van der Waals surface area (Å²) in [6.07, 6.45) is 1.79. The molecule has 0 fully saturated rings. The molecule has 10 heteroatoms. The molecule has 2 aromatic carbocycles. The molecule has 1 aromatic heterocycles. The normalized spacial score (nSPS) is 14.3. The second kappa shape index (κ2) is 9.03. The van der Waals surface area contributed by atoms with Gasteiger partial charge in [0.25, 0.3) is 0 Å². The molecule has 2 heterocycles. The molecular weight excluding hydrogens is 424 g/mol. The van der Waals surface area contributed by atoms with E-state index in [-0.39, 0.29) is 51.1 Å². The zero-order chi connectivity index (χ0) is 19.8. The minimum atomic E-state index is -2.74. The van der Waals surface area contributed by atoms with Crippen LogP contribution in [0.1, 0.15) is 22.6 Å². The summed E-state index contributed by atoms with van der Waals surface area (Å²) in [7, 11) is 1.83. The zero-order valence-electron chi connectivity index (χ0n) is 15.2. The summed E-state index contributed by atoms with van der Waals surface area (Å²) in [4.78, 5) is 12.8. The third-order valence-corrected chi connectivity index (χ3v) is 5.12. The summed E-state index contributed by atoms with van der Waals surface area (Å²) in [5.74, 6) is -0.482. The fraction of sp³-hybridized carbons (Fsp3) is 0.211. The first kappa shape index (κ1) is 22.1. The van der Waals surface area contributed by atoms with Gasteiger partial charge in [0.15, 0.2) is 11.5 Å². The van der Waals surface area contributed by atoms with Gasteiger partial charge in [0.2, 0.25) is 12.7 Å². The van der Waals surface area contributed by atoms with Crippen LogP contribution in [0.25, 0.3) is 10.9 Å². The molecule has 154 valence electrons. The van der Waals surface area contributed by atoms with E-state index in [9.17, 15) is 18.7 Å². The maximum Gasteiger partial charge on any atom is 0.242 e. The second-order valence-corrected chi connectivity index (χ2v) is 7.13. The first-order valence-electron chi connectivity index (χ1n) is 8.46. The first-order valence-corrected chi connectivity index (χ1v) is 9.53. The maximum atomic E-state index is 12.8. The number of aliphatic hydroxyl groups is 1. The molecule has 1 aliphatic rings. The minimum absolute atomic E-state index is 0. The summed E-state index contributed by atoms with van der Waals surface area (Å²) < 4.78 is 36.7. The van der Waals surface area contributed by atoms with Crippen LogP contribution in [0, 0.1) is 37.7 Å². The predicted octanol–water partition coefficient (Wildman–Crippen LogP) is 1.44. The van der Waals surface area contributed by atoms with Gasteiger partial charge in [-0.2, -0.15) is 0 Å². The van der Waals surface area contributed by atoms with Crippen LogP contribution in [0.15, 0.2) is 42.6 Å². The summed E-state index contributed by atoms with van der Waals surface area (Å²) >= 11 is -2.74. The Labute approximate surface area is 199 Å². The van der Waals surface area contributed by atoms with E-state index in [1.165, 1.54) is 0 Å². The SMILES string of the molecule is Cn1cc(C(C(=O)NS(=O)[O-])c2ccc3c(c2)OCO3)c2ccc(CO)cc21.[Ar]. The van der Waals surface area contributed by atoms with E-state index in [4.69, 9.17) is 9.47 Å². The van der Waals surface area contributed by atoms with Gasteiger partial charge in [-0.1, -0.05) is 18.2 Å². The summed E-state index contributed by atoms with van der Waals surface area (Å²) in [6, 6.07) is 10.5. The molecule has 0 radical (unpaired) electrons. The molecule has 2 atom stereocenters. The quantitative estimate of drug-likeness (QED) is 0.580. The van der Waals surface area contributed by atoms with Gasteiger partial charge in [-0.25, -0.2) is 0 Å². The van der Waals surface area contributed by atoms with Crippen LogP contribution in [0.2, 0.25) is 0 Å². The van der Waals surface area contributed by atoms with Crippen molar-refractivity contribution in [1.29, 1.82) is 0 Å². The molecule has 8 nitrogen and oxygen atoms in total. The van der Waals surface area contributed by atoms with E-state index >= 15 is 0 Å². The van der Waals surface area contributed by atoms with Crippen molar-refractivity contribution in [2.75, 3.05) is 6.79 Å². The van der Waals surface area contributed by atoms with Gasteiger partial charge in [0.1, 0.15) is 0 Å². The Kier molecular flexibility index (Phi) is 6.87. The smallest absolute Gasteiger partial charge is 0.242 e. The van der Waals surface area contributed by atoms with Crippen molar-refractivity contribution in [2.24, 2.45) is 7.05 Å². The topological polar surface area (TPSA) is 113 Å². The molecule has 2 N–H and O–H groups in total. The Morgan fingerprint density at radius 2 is 2.03 bits per heavy atom. The monoisotopic (exact) mass is 441 g/mol. The molecule has 0 bridgehead atoms. The number of nitrogens with zero attached hydrogens (tertiary/aromatic N) is 1. The minimum Gasteiger partial charge on any atom is -0.755 e.